The van der Waals surface area contributed by atoms with Crippen LogP contribution >= 0.6 is 39.1 Å². The summed E-state index contributed by atoms with van der Waals surface area (Å²) in [6, 6.07) is 0. The Morgan fingerprint density at radius 3 is 1.90 bits per heavy atom. The van der Waals surface area contributed by atoms with Gasteiger partial charge in [0.15, 0.2) is 17.7 Å². The molecule has 1 saturated heterocycles. The summed E-state index contributed by atoms with van der Waals surface area (Å²) < 4.78 is 82.1. The Balaban J connectivity index is 0.00000560. The quantitative estimate of drug-likeness (QED) is 0.0863. The normalized spacial score (nSPS) is 27.7. The molecule has 8 atom stereocenters. The number of hydrogen-bond donors (Lipinski definition) is 9. The standard InChI is InChI=1S/C10H18N5O19P5.Li.H/c11-8-5-9(13-2-12-8)15(3-14-5)10-7(17)6(16)4(30-10)1-29-36(21,22)32-38(25,26)34-39(27,28)33-37(23,24)31-35(18,19)20;;/h2-4,6-7,10,16-17H,1H2,(H,21,22)(H,23,24)(H,25,26)(H,27,28)(H2,11,12,13)(H2,18,19,20);;/t4-,6-,7-,10-;;/m1../s1. The molecular formula is C10H19LiN5O19P5. The van der Waals surface area contributed by atoms with Crippen molar-refractivity contribution in [1.82, 2.24) is 19.5 Å². The van der Waals surface area contributed by atoms with Crippen LogP contribution in [-0.4, -0.2) is 103 Å². The van der Waals surface area contributed by atoms with E-state index in [-0.39, 0.29) is 35.8 Å². The van der Waals surface area contributed by atoms with Gasteiger partial charge in [0.2, 0.25) is 0 Å². The van der Waals surface area contributed by atoms with Crippen LogP contribution in [0.2, 0.25) is 0 Å². The maximum atomic E-state index is 12.1. The van der Waals surface area contributed by atoms with Gasteiger partial charge in [0.1, 0.15) is 30.2 Å². The van der Waals surface area contributed by atoms with Crippen molar-refractivity contribution in [3.05, 3.63) is 12.7 Å². The van der Waals surface area contributed by atoms with E-state index in [9.17, 15) is 47.7 Å². The summed E-state index contributed by atoms with van der Waals surface area (Å²) in [6.07, 6.45) is -4.32. The minimum atomic E-state index is -6.26. The molecule has 10 N–H and O–H groups in total. The zero-order valence-electron chi connectivity index (χ0n) is 18.3. The summed E-state index contributed by atoms with van der Waals surface area (Å²) in [4.78, 5) is 65.9. The van der Waals surface area contributed by atoms with Crippen molar-refractivity contribution in [2.45, 2.75) is 24.5 Å². The van der Waals surface area contributed by atoms with Gasteiger partial charge in [-0.1, -0.05) is 0 Å². The molecule has 2 aromatic heterocycles. The van der Waals surface area contributed by atoms with Crippen molar-refractivity contribution in [1.29, 1.82) is 0 Å². The average molecular weight is 675 g/mol. The van der Waals surface area contributed by atoms with Gasteiger partial charge < -0.3 is 50.0 Å². The fraction of sp³-hybridized carbons (Fsp3) is 0.500. The first kappa shape index (κ1) is 35.7. The van der Waals surface area contributed by atoms with Gasteiger partial charge >= 0.3 is 58.0 Å². The number of nitrogens with zero attached hydrogens (tertiary/aromatic N) is 4. The van der Waals surface area contributed by atoms with Crippen molar-refractivity contribution in [3.63, 3.8) is 0 Å². The number of hydrogen-bond acceptors (Lipinski definition) is 17. The molecule has 3 rings (SSSR count). The molecule has 0 amide bonds. The molecule has 0 bridgehead atoms. The van der Waals surface area contributed by atoms with Crippen LogP contribution in [-0.2, 0) is 49.3 Å². The molecular weight excluding hydrogens is 656 g/mol. The van der Waals surface area contributed by atoms with Crippen LogP contribution in [0, 0.1) is 0 Å². The van der Waals surface area contributed by atoms with Gasteiger partial charge in [-0.25, -0.2) is 37.8 Å². The van der Waals surface area contributed by atoms with Crippen molar-refractivity contribution >= 4 is 75.0 Å². The number of fused-ring (bicyclic) bond motifs is 1. The van der Waals surface area contributed by atoms with Crippen LogP contribution in [0.1, 0.15) is 6.23 Å². The van der Waals surface area contributed by atoms with Gasteiger partial charge in [-0.15, -0.1) is 0 Å². The van der Waals surface area contributed by atoms with Gasteiger partial charge in [-0.2, -0.15) is 17.2 Å². The number of nitrogen functional groups attached to an aromatic ring is 1. The van der Waals surface area contributed by atoms with Gasteiger partial charge in [0.25, 0.3) is 0 Å². The van der Waals surface area contributed by atoms with Crippen molar-refractivity contribution in [2.24, 2.45) is 0 Å². The number of aliphatic hydroxyl groups is 2. The third-order valence-corrected chi connectivity index (χ3v) is 11.3. The number of rotatable bonds is 12. The molecule has 0 aromatic carbocycles. The third kappa shape index (κ3) is 9.52. The van der Waals surface area contributed by atoms with Crippen molar-refractivity contribution in [3.8, 4) is 0 Å². The Kier molecular flexibility index (Phi) is 11.3. The van der Waals surface area contributed by atoms with E-state index in [1.54, 1.807) is 0 Å². The first-order valence-corrected chi connectivity index (χ1v) is 16.9. The van der Waals surface area contributed by atoms with E-state index < -0.39 is 70.3 Å². The average Bonchev–Trinajstić information content (AvgIpc) is 3.24. The molecule has 224 valence electrons. The number of aromatic nitrogens is 4. The van der Waals surface area contributed by atoms with Crippen LogP contribution in [0.25, 0.3) is 11.2 Å². The third-order valence-electron chi connectivity index (χ3n) is 4.23. The maximum absolute atomic E-state index is 12.1. The van der Waals surface area contributed by atoms with E-state index in [0.717, 1.165) is 17.2 Å². The van der Waals surface area contributed by atoms with Gasteiger partial charge in [-0.05, 0) is 0 Å². The van der Waals surface area contributed by atoms with Gasteiger partial charge in [0.05, 0.1) is 12.9 Å². The second-order valence-corrected chi connectivity index (χ2v) is 14.7. The van der Waals surface area contributed by atoms with E-state index in [0.29, 0.717) is 0 Å². The fourth-order valence-corrected chi connectivity index (χ4v) is 8.81. The van der Waals surface area contributed by atoms with Gasteiger partial charge in [0, 0.05) is 0 Å². The van der Waals surface area contributed by atoms with Crippen LogP contribution in [0.15, 0.2) is 12.7 Å². The zero-order valence-corrected chi connectivity index (χ0v) is 22.8. The van der Waals surface area contributed by atoms with Crippen LogP contribution < -0.4 is 5.73 Å². The number of phosphoric ester groups is 1. The number of nitrogens with two attached hydrogens (primary N) is 1. The molecule has 0 saturated carbocycles. The predicted octanol–water partition coefficient (Wildman–Crippen LogP) is -2.04. The predicted molar refractivity (Wildman–Crippen MR) is 124 cm³/mol. The number of imidazole rings is 1. The number of phosphoric acid groups is 5. The first-order chi connectivity index (χ1) is 17.6. The minimum absolute atomic E-state index is 0. The Morgan fingerprint density at radius 1 is 0.825 bits per heavy atom. The van der Waals surface area contributed by atoms with Crippen molar-refractivity contribution < 1.29 is 88.9 Å². The first-order valence-electron chi connectivity index (χ1n) is 9.41. The molecule has 1 aliphatic rings. The van der Waals surface area contributed by atoms with Gasteiger partial charge in [-0.3, -0.25) is 9.09 Å². The Labute approximate surface area is 232 Å². The van der Waals surface area contributed by atoms with Crippen LogP contribution in [0.4, 0.5) is 5.82 Å². The van der Waals surface area contributed by atoms with E-state index in [4.69, 9.17) is 25.2 Å². The molecule has 0 spiro atoms. The summed E-state index contributed by atoms with van der Waals surface area (Å²) in [6.45, 7) is -1.12. The summed E-state index contributed by atoms with van der Waals surface area (Å²) in [5, 5.41) is 20.6. The fourth-order valence-electron chi connectivity index (χ4n) is 2.91. The molecule has 4 unspecified atom stereocenters. The number of aliphatic hydroxyl groups excluding tert-OH is 2. The number of ether oxygens (including phenoxy) is 1. The molecule has 30 heteroatoms. The SMILES string of the molecule is Nc1ncnc2c1ncn2[C@@H]1O[C@H](COP(=O)(O)OP(=O)(O)OP(=O)(O)OP(=O)(O)OP(=O)(O)O)[C@@H](O)[C@H]1O.[LiH]. The Hall–Kier alpha value is -0.463. The van der Waals surface area contributed by atoms with Crippen molar-refractivity contribution in [2.75, 3.05) is 12.3 Å². The summed E-state index contributed by atoms with van der Waals surface area (Å²) in [5.74, 6) is -0.0189. The molecule has 0 radical (unpaired) electrons. The molecule has 24 nitrogen and oxygen atoms in total. The second-order valence-electron chi connectivity index (χ2n) is 7.12. The summed E-state index contributed by atoms with van der Waals surface area (Å²) in [7, 11) is -30.1. The zero-order chi connectivity index (χ0) is 29.6. The van der Waals surface area contributed by atoms with E-state index in [2.05, 4.69) is 36.7 Å². The topological polar surface area (TPSA) is 372 Å². The Bertz CT molecular complexity index is 1470. The van der Waals surface area contributed by atoms with Crippen LogP contribution in [0.3, 0.4) is 0 Å². The van der Waals surface area contributed by atoms with E-state index in [1.165, 1.54) is 0 Å². The molecule has 40 heavy (non-hydrogen) atoms. The Morgan fingerprint density at radius 2 is 1.35 bits per heavy atom. The van der Waals surface area contributed by atoms with E-state index >= 15 is 0 Å². The molecule has 0 aliphatic carbocycles. The van der Waals surface area contributed by atoms with Crippen LogP contribution in [0.5, 0.6) is 0 Å². The number of anilines is 1. The van der Waals surface area contributed by atoms with E-state index in [1.807, 2.05) is 0 Å². The molecule has 1 aliphatic heterocycles. The monoisotopic (exact) mass is 675 g/mol. The molecule has 3 heterocycles. The summed E-state index contributed by atoms with van der Waals surface area (Å²) in [5.41, 5.74) is 5.85. The summed E-state index contributed by atoms with van der Waals surface area (Å²) >= 11 is 0. The second kappa shape index (κ2) is 12.6. The molecule has 1 fully saturated rings. The molecule has 2 aromatic rings.